The molecule has 25 heavy (non-hydrogen) atoms. The highest BCUT2D eigenvalue weighted by Gasteiger charge is 2.12. The van der Waals surface area contributed by atoms with Gasteiger partial charge in [-0.05, 0) is 30.3 Å². The van der Waals surface area contributed by atoms with Crippen LogP contribution in [0.15, 0.2) is 55.2 Å². The molecular formula is C17H13ClFN5O. The van der Waals surface area contributed by atoms with Crippen LogP contribution < -0.4 is 10.2 Å². The van der Waals surface area contributed by atoms with Crippen LogP contribution in [0.2, 0.25) is 5.02 Å². The number of carbonyl (C=O) groups is 1. The second kappa shape index (κ2) is 7.23. The van der Waals surface area contributed by atoms with Gasteiger partial charge >= 0.3 is 0 Å². The zero-order valence-electron chi connectivity index (χ0n) is 13.1. The van der Waals surface area contributed by atoms with Crippen molar-refractivity contribution >= 4 is 34.6 Å². The second-order valence-corrected chi connectivity index (χ2v) is 5.60. The number of aromatic nitrogens is 3. The minimum atomic E-state index is -0.490. The van der Waals surface area contributed by atoms with Crippen LogP contribution in [0.1, 0.15) is 10.5 Å². The molecule has 0 aliphatic rings. The van der Waals surface area contributed by atoms with Crippen LogP contribution in [0.5, 0.6) is 0 Å². The monoisotopic (exact) mass is 357 g/mol. The summed E-state index contributed by atoms with van der Waals surface area (Å²) in [6.07, 6.45) is 6.04. The minimum absolute atomic E-state index is 0.142. The maximum atomic E-state index is 14.0. The fourth-order valence-corrected chi connectivity index (χ4v) is 2.34. The van der Waals surface area contributed by atoms with Gasteiger partial charge in [-0.25, -0.2) is 14.4 Å². The van der Waals surface area contributed by atoms with Gasteiger partial charge in [-0.3, -0.25) is 9.78 Å². The van der Waals surface area contributed by atoms with Gasteiger partial charge in [-0.1, -0.05) is 11.6 Å². The van der Waals surface area contributed by atoms with E-state index in [-0.39, 0.29) is 5.69 Å². The highest BCUT2D eigenvalue weighted by molar-refractivity contribution is 6.30. The van der Waals surface area contributed by atoms with Crippen LogP contribution >= 0.6 is 11.6 Å². The van der Waals surface area contributed by atoms with E-state index in [1.807, 2.05) is 0 Å². The molecule has 0 spiro atoms. The smallest absolute Gasteiger partial charge is 0.274 e. The Morgan fingerprint density at radius 2 is 1.92 bits per heavy atom. The van der Waals surface area contributed by atoms with Crippen LogP contribution in [0, 0.1) is 5.82 Å². The van der Waals surface area contributed by atoms with Crippen molar-refractivity contribution in [2.75, 3.05) is 17.3 Å². The van der Waals surface area contributed by atoms with Gasteiger partial charge in [-0.2, -0.15) is 0 Å². The summed E-state index contributed by atoms with van der Waals surface area (Å²) in [4.78, 5) is 25.8. The van der Waals surface area contributed by atoms with E-state index in [4.69, 9.17) is 11.6 Å². The summed E-state index contributed by atoms with van der Waals surface area (Å²) in [6, 6.07) is 7.21. The molecule has 0 radical (unpaired) electrons. The van der Waals surface area contributed by atoms with E-state index in [1.54, 1.807) is 36.5 Å². The lowest BCUT2D eigenvalue weighted by atomic mass is 10.2. The number of amides is 1. The number of rotatable bonds is 4. The number of nitrogens with zero attached hydrogens (tertiary/aromatic N) is 4. The zero-order chi connectivity index (χ0) is 17.8. The lowest BCUT2D eigenvalue weighted by Gasteiger charge is -2.19. The van der Waals surface area contributed by atoms with Crippen LogP contribution in [0.4, 0.5) is 21.5 Å². The first-order chi connectivity index (χ1) is 12.0. The molecule has 2 heterocycles. The Hall–Kier alpha value is -3.06. The van der Waals surface area contributed by atoms with Gasteiger partial charge in [0, 0.05) is 29.6 Å². The lowest BCUT2D eigenvalue weighted by molar-refractivity contribution is 0.102. The standard InChI is InChI=1S/C17H13ClFN5O/c1-24(15-8-20-10-21-9-15)14-6-12(19)5-13(7-14)23-17(25)16-4-11(18)2-3-22-16/h2-10H,1H3,(H,23,25). The number of hydrogen-bond donors (Lipinski definition) is 1. The molecule has 3 rings (SSSR count). The van der Waals surface area contributed by atoms with Crippen LogP contribution in [0.3, 0.4) is 0 Å². The normalized spacial score (nSPS) is 10.4. The van der Waals surface area contributed by atoms with Crippen molar-refractivity contribution in [3.05, 3.63) is 71.8 Å². The SMILES string of the molecule is CN(c1cncnc1)c1cc(F)cc(NC(=O)c2cc(Cl)ccn2)c1. The first kappa shape index (κ1) is 16.8. The van der Waals surface area contributed by atoms with Crippen molar-refractivity contribution in [3.63, 3.8) is 0 Å². The van der Waals surface area contributed by atoms with Crippen LogP contribution in [0.25, 0.3) is 0 Å². The average Bonchev–Trinajstić information content (AvgIpc) is 2.61. The van der Waals surface area contributed by atoms with E-state index < -0.39 is 11.7 Å². The Morgan fingerprint density at radius 3 is 2.64 bits per heavy atom. The quantitative estimate of drug-likeness (QED) is 0.771. The Morgan fingerprint density at radius 1 is 1.16 bits per heavy atom. The molecule has 0 atom stereocenters. The van der Waals surface area contributed by atoms with E-state index in [2.05, 4.69) is 20.3 Å². The molecule has 1 aromatic carbocycles. The summed E-state index contributed by atoms with van der Waals surface area (Å²) in [7, 11) is 1.75. The molecule has 0 aliphatic heterocycles. The molecule has 0 saturated carbocycles. The van der Waals surface area contributed by atoms with Crippen molar-refractivity contribution < 1.29 is 9.18 Å². The first-order valence-corrected chi connectivity index (χ1v) is 7.63. The van der Waals surface area contributed by atoms with Crippen molar-refractivity contribution in [1.82, 2.24) is 15.0 Å². The summed E-state index contributed by atoms with van der Waals surface area (Å²) in [5, 5.41) is 3.01. The van der Waals surface area contributed by atoms with E-state index in [1.165, 1.54) is 30.7 Å². The van der Waals surface area contributed by atoms with Gasteiger partial charge in [0.25, 0.3) is 5.91 Å². The van der Waals surface area contributed by atoms with Gasteiger partial charge in [0.05, 0.1) is 18.1 Å². The number of anilines is 3. The molecule has 0 unspecified atom stereocenters. The molecular weight excluding hydrogens is 345 g/mol. The van der Waals surface area contributed by atoms with Gasteiger partial charge in [-0.15, -0.1) is 0 Å². The summed E-state index contributed by atoms with van der Waals surface area (Å²) >= 11 is 5.85. The maximum Gasteiger partial charge on any atom is 0.274 e. The van der Waals surface area contributed by atoms with E-state index in [0.717, 1.165) is 0 Å². The third kappa shape index (κ3) is 4.07. The Bertz CT molecular complexity index is 907. The van der Waals surface area contributed by atoms with Crippen molar-refractivity contribution in [2.45, 2.75) is 0 Å². The second-order valence-electron chi connectivity index (χ2n) is 5.17. The Kier molecular flexibility index (Phi) is 4.85. The molecule has 0 aliphatic carbocycles. The van der Waals surface area contributed by atoms with E-state index in [9.17, 15) is 9.18 Å². The van der Waals surface area contributed by atoms with E-state index in [0.29, 0.717) is 22.1 Å². The molecule has 126 valence electrons. The number of hydrogen-bond acceptors (Lipinski definition) is 5. The van der Waals surface area contributed by atoms with Crippen molar-refractivity contribution in [3.8, 4) is 0 Å². The lowest BCUT2D eigenvalue weighted by Crippen LogP contribution is -2.15. The molecule has 1 N–H and O–H groups in total. The molecule has 1 amide bonds. The number of halogens is 2. The number of nitrogens with one attached hydrogen (secondary N) is 1. The third-order valence-corrected chi connectivity index (χ3v) is 3.65. The number of benzene rings is 1. The average molecular weight is 358 g/mol. The summed E-state index contributed by atoms with van der Waals surface area (Å²) < 4.78 is 14.0. The van der Waals surface area contributed by atoms with Gasteiger partial charge in [0.15, 0.2) is 0 Å². The van der Waals surface area contributed by atoms with Crippen molar-refractivity contribution in [1.29, 1.82) is 0 Å². The summed E-state index contributed by atoms with van der Waals surface area (Å²) in [5.74, 6) is -0.972. The molecule has 8 heteroatoms. The highest BCUT2D eigenvalue weighted by Crippen LogP contribution is 2.26. The third-order valence-electron chi connectivity index (χ3n) is 3.42. The number of pyridine rings is 1. The largest absolute Gasteiger partial charge is 0.342 e. The minimum Gasteiger partial charge on any atom is -0.342 e. The predicted octanol–water partition coefficient (Wildman–Crippen LogP) is 3.68. The fraction of sp³-hybridized carbons (Fsp3) is 0.0588. The van der Waals surface area contributed by atoms with Gasteiger partial charge in [0.1, 0.15) is 17.8 Å². The zero-order valence-corrected chi connectivity index (χ0v) is 13.9. The van der Waals surface area contributed by atoms with Crippen LogP contribution in [-0.2, 0) is 0 Å². The Labute approximate surface area is 148 Å². The van der Waals surface area contributed by atoms with Gasteiger partial charge in [0.2, 0.25) is 0 Å². The molecule has 0 fully saturated rings. The maximum absolute atomic E-state index is 14.0. The van der Waals surface area contributed by atoms with Gasteiger partial charge < -0.3 is 10.2 Å². The predicted molar refractivity (Wildman–Crippen MR) is 93.7 cm³/mol. The van der Waals surface area contributed by atoms with Crippen molar-refractivity contribution in [2.24, 2.45) is 0 Å². The summed E-state index contributed by atoms with van der Waals surface area (Å²) in [6.45, 7) is 0. The summed E-state index contributed by atoms with van der Waals surface area (Å²) in [5.41, 5.74) is 1.65. The van der Waals surface area contributed by atoms with Crippen LogP contribution in [-0.4, -0.2) is 27.9 Å². The van der Waals surface area contributed by atoms with E-state index >= 15 is 0 Å². The topological polar surface area (TPSA) is 71.0 Å². The number of carbonyl (C=O) groups excluding carboxylic acids is 1. The first-order valence-electron chi connectivity index (χ1n) is 7.25. The molecule has 0 saturated heterocycles. The highest BCUT2D eigenvalue weighted by atomic mass is 35.5. The molecule has 0 bridgehead atoms. The molecule has 6 nitrogen and oxygen atoms in total. The molecule has 3 aromatic rings. The Balaban J connectivity index is 1.85. The molecule has 2 aromatic heterocycles. The fourth-order valence-electron chi connectivity index (χ4n) is 2.18.